The highest BCUT2D eigenvalue weighted by Gasteiger charge is 2.11. The molecule has 1 N–H and O–H groups in total. The van der Waals surface area contributed by atoms with Crippen molar-refractivity contribution in [3.05, 3.63) is 83.1 Å². The van der Waals surface area contributed by atoms with Crippen LogP contribution in [0.2, 0.25) is 0 Å². The van der Waals surface area contributed by atoms with Crippen molar-refractivity contribution >= 4 is 23.6 Å². The number of amides is 1. The van der Waals surface area contributed by atoms with Crippen molar-refractivity contribution in [2.45, 2.75) is 20.4 Å². The van der Waals surface area contributed by atoms with E-state index >= 15 is 0 Å². The van der Waals surface area contributed by atoms with Crippen molar-refractivity contribution in [3.8, 4) is 6.07 Å². The molecule has 0 unspecified atom stereocenters. The Kier molecular flexibility index (Phi) is 6.50. The molecule has 152 valence electrons. The van der Waals surface area contributed by atoms with Gasteiger partial charge in [-0.2, -0.15) is 5.26 Å². The highest BCUT2D eigenvalue weighted by Crippen LogP contribution is 2.19. The van der Waals surface area contributed by atoms with Crippen LogP contribution >= 0.6 is 0 Å². The second-order valence-electron chi connectivity index (χ2n) is 6.64. The molecular weight excluding hydrogens is 382 g/mol. The number of carbonyl (C=O) groups is 2. The molecule has 2 heterocycles. The number of aryl methyl sites for hydroxylation is 1. The molecule has 2 aromatic heterocycles. The van der Waals surface area contributed by atoms with Crippen LogP contribution in [-0.4, -0.2) is 23.1 Å². The maximum absolute atomic E-state index is 12.0. The third-order valence-electron chi connectivity index (χ3n) is 4.57. The zero-order valence-electron chi connectivity index (χ0n) is 16.7. The van der Waals surface area contributed by atoms with E-state index in [4.69, 9.17) is 14.4 Å². The molecule has 0 saturated carbocycles. The minimum absolute atomic E-state index is 0.335. The quantitative estimate of drug-likeness (QED) is 0.478. The van der Waals surface area contributed by atoms with Crippen LogP contribution in [0.25, 0.3) is 6.08 Å². The minimum atomic E-state index is -0.630. The van der Waals surface area contributed by atoms with Crippen molar-refractivity contribution < 1.29 is 18.7 Å². The lowest BCUT2D eigenvalue weighted by molar-refractivity contribution is -0.142. The third-order valence-corrected chi connectivity index (χ3v) is 4.57. The molecule has 0 aliphatic carbocycles. The van der Waals surface area contributed by atoms with Crippen LogP contribution in [0.3, 0.4) is 0 Å². The first kappa shape index (κ1) is 20.7. The summed E-state index contributed by atoms with van der Waals surface area (Å²) in [6.45, 7) is 4.10. The number of para-hydroxylation sites is 1. The van der Waals surface area contributed by atoms with Gasteiger partial charge >= 0.3 is 5.97 Å². The Morgan fingerprint density at radius 1 is 1.23 bits per heavy atom. The molecular formula is C23H21N3O4. The van der Waals surface area contributed by atoms with Gasteiger partial charge in [0.2, 0.25) is 0 Å². The second kappa shape index (κ2) is 9.43. The average Bonchev–Trinajstić information content (AvgIpc) is 3.35. The summed E-state index contributed by atoms with van der Waals surface area (Å²) in [7, 11) is 0. The summed E-state index contributed by atoms with van der Waals surface area (Å²) in [5, 5.41) is 11.6. The summed E-state index contributed by atoms with van der Waals surface area (Å²) in [4.78, 5) is 24.0. The number of nitrogens with zero attached hydrogens (tertiary/aromatic N) is 2. The number of nitrogens with one attached hydrogen (secondary N) is 1. The summed E-state index contributed by atoms with van der Waals surface area (Å²) in [6.07, 6.45) is 4.58. The first-order chi connectivity index (χ1) is 14.5. The Morgan fingerprint density at radius 2 is 2.03 bits per heavy atom. The number of hydrogen-bond acceptors (Lipinski definition) is 5. The van der Waals surface area contributed by atoms with Crippen LogP contribution in [0, 0.1) is 25.2 Å². The van der Waals surface area contributed by atoms with Crippen molar-refractivity contribution in [2.24, 2.45) is 0 Å². The normalized spacial score (nSPS) is 10.7. The third kappa shape index (κ3) is 5.06. The lowest BCUT2D eigenvalue weighted by Gasteiger charge is -2.07. The van der Waals surface area contributed by atoms with E-state index in [1.165, 1.54) is 6.08 Å². The van der Waals surface area contributed by atoms with E-state index in [9.17, 15) is 9.59 Å². The summed E-state index contributed by atoms with van der Waals surface area (Å²) >= 11 is 0. The summed E-state index contributed by atoms with van der Waals surface area (Å²) in [5.74, 6) is -0.304. The van der Waals surface area contributed by atoms with Crippen molar-refractivity contribution in [1.82, 2.24) is 4.57 Å². The molecule has 0 fully saturated rings. The fourth-order valence-corrected chi connectivity index (χ4v) is 3.02. The second-order valence-corrected chi connectivity index (χ2v) is 6.64. The number of anilines is 1. The van der Waals surface area contributed by atoms with Gasteiger partial charge in [-0.3, -0.25) is 4.79 Å². The Bertz CT molecular complexity index is 1120. The maximum atomic E-state index is 12.0. The molecule has 7 nitrogen and oxygen atoms in total. The number of benzene rings is 1. The number of ether oxygens (including phenoxy) is 1. The molecule has 0 atom stereocenters. The van der Waals surface area contributed by atoms with E-state index in [0.717, 1.165) is 22.7 Å². The number of hydrogen-bond donors (Lipinski definition) is 1. The fraction of sp³-hybridized carbons (Fsp3) is 0.174. The zero-order valence-corrected chi connectivity index (χ0v) is 16.7. The van der Waals surface area contributed by atoms with E-state index < -0.39 is 18.5 Å². The number of rotatable bonds is 7. The highest BCUT2D eigenvalue weighted by molar-refractivity contribution is 5.95. The van der Waals surface area contributed by atoms with Crippen LogP contribution < -0.4 is 5.32 Å². The van der Waals surface area contributed by atoms with Crippen LogP contribution in [0.1, 0.15) is 28.3 Å². The highest BCUT2D eigenvalue weighted by atomic mass is 16.5. The maximum Gasteiger partial charge on any atom is 0.331 e. The molecule has 0 aliphatic heterocycles. The Morgan fingerprint density at radius 3 is 2.77 bits per heavy atom. The van der Waals surface area contributed by atoms with Gasteiger partial charge < -0.3 is 19.0 Å². The monoisotopic (exact) mass is 403 g/mol. The van der Waals surface area contributed by atoms with Gasteiger partial charge in [-0.1, -0.05) is 12.1 Å². The SMILES string of the molecule is Cc1cc(/C=C/C(=O)OCC(=O)Nc2ccccc2C#N)c(C)n1Cc1ccco1. The van der Waals surface area contributed by atoms with Gasteiger partial charge in [0, 0.05) is 17.5 Å². The smallest absolute Gasteiger partial charge is 0.331 e. The van der Waals surface area contributed by atoms with Gasteiger partial charge in [0.1, 0.15) is 11.8 Å². The van der Waals surface area contributed by atoms with Crippen LogP contribution in [-0.2, 0) is 20.9 Å². The number of furan rings is 1. The van der Waals surface area contributed by atoms with Crippen molar-refractivity contribution in [3.63, 3.8) is 0 Å². The number of carbonyl (C=O) groups excluding carboxylic acids is 2. The van der Waals surface area contributed by atoms with Gasteiger partial charge in [0.15, 0.2) is 6.61 Å². The van der Waals surface area contributed by atoms with Crippen molar-refractivity contribution in [1.29, 1.82) is 5.26 Å². The predicted octanol–water partition coefficient (Wildman–Crippen LogP) is 3.81. The molecule has 0 aliphatic rings. The Labute approximate surface area is 174 Å². The first-order valence-electron chi connectivity index (χ1n) is 9.31. The zero-order chi connectivity index (χ0) is 21.5. The van der Waals surface area contributed by atoms with Crippen molar-refractivity contribution in [2.75, 3.05) is 11.9 Å². The standard InChI is InChI=1S/C23H21N3O4/c1-16-12-18(17(2)26(16)14-20-7-5-11-29-20)9-10-23(28)30-15-22(27)25-21-8-4-3-6-19(21)13-24/h3-12H,14-15H2,1-2H3,(H,25,27)/b10-9+. The molecule has 3 aromatic rings. The molecule has 0 radical (unpaired) electrons. The lowest BCUT2D eigenvalue weighted by Crippen LogP contribution is -2.20. The fourth-order valence-electron chi connectivity index (χ4n) is 3.02. The molecule has 1 aromatic carbocycles. The summed E-state index contributed by atoms with van der Waals surface area (Å²) < 4.78 is 12.5. The van der Waals surface area contributed by atoms with Crippen LogP contribution in [0.15, 0.2) is 59.2 Å². The van der Waals surface area contributed by atoms with Gasteiger partial charge in [0.25, 0.3) is 5.91 Å². The topological polar surface area (TPSA) is 97.3 Å². The molecule has 30 heavy (non-hydrogen) atoms. The van der Waals surface area contributed by atoms with Gasteiger partial charge in [-0.05, 0) is 55.8 Å². The lowest BCUT2D eigenvalue weighted by atomic mass is 10.2. The summed E-state index contributed by atoms with van der Waals surface area (Å²) in [5.41, 5.74) is 3.61. The molecule has 0 spiro atoms. The minimum Gasteiger partial charge on any atom is -0.467 e. The largest absolute Gasteiger partial charge is 0.467 e. The Hall–Kier alpha value is -4.05. The Balaban J connectivity index is 1.56. The average molecular weight is 403 g/mol. The van der Waals surface area contributed by atoms with E-state index in [0.29, 0.717) is 17.8 Å². The number of nitriles is 1. The van der Waals surface area contributed by atoms with E-state index in [2.05, 4.69) is 9.88 Å². The molecule has 0 bridgehead atoms. The van der Waals surface area contributed by atoms with Crippen LogP contribution in [0.5, 0.6) is 0 Å². The number of esters is 1. The molecule has 0 saturated heterocycles. The summed E-state index contributed by atoms with van der Waals surface area (Å²) in [6, 6.07) is 14.3. The van der Waals surface area contributed by atoms with Gasteiger partial charge in [-0.25, -0.2) is 4.79 Å². The van der Waals surface area contributed by atoms with E-state index in [-0.39, 0.29) is 0 Å². The molecule has 7 heteroatoms. The van der Waals surface area contributed by atoms with Gasteiger partial charge in [-0.15, -0.1) is 0 Å². The predicted molar refractivity (Wildman–Crippen MR) is 111 cm³/mol. The molecule has 1 amide bonds. The first-order valence-corrected chi connectivity index (χ1v) is 9.31. The number of aromatic nitrogens is 1. The van der Waals surface area contributed by atoms with E-state index in [1.54, 1.807) is 36.6 Å². The van der Waals surface area contributed by atoms with Gasteiger partial charge in [0.05, 0.1) is 24.1 Å². The molecule has 3 rings (SSSR count). The van der Waals surface area contributed by atoms with Crippen LogP contribution in [0.4, 0.5) is 5.69 Å². The van der Waals surface area contributed by atoms with E-state index in [1.807, 2.05) is 38.1 Å².